The quantitative estimate of drug-likeness (QED) is 0.211. The number of nitrogens with zero attached hydrogens (tertiary/aromatic N) is 9. The molecule has 6 aliphatic heterocycles. The van der Waals surface area contributed by atoms with Crippen molar-refractivity contribution >= 4 is 5.91 Å². The molecule has 3 aromatic rings. The molecule has 11 nitrogen and oxygen atoms in total. The summed E-state index contributed by atoms with van der Waals surface area (Å²) in [4.78, 5) is 32.1. The molecule has 112 heavy (non-hydrogen) atoms. The summed E-state index contributed by atoms with van der Waals surface area (Å²) >= 11 is 0. The first-order chi connectivity index (χ1) is 51.6. The Hall–Kier alpha value is -3.87. The van der Waals surface area contributed by atoms with Crippen molar-refractivity contribution in [1.29, 1.82) is 5.26 Å². The number of aliphatic hydroxyl groups is 1. The fraction of sp³-hybridized carbons (Fsp3) is 0.808. The van der Waals surface area contributed by atoms with Gasteiger partial charge in [-0.05, 0) is 307 Å². The largest absolute Gasteiger partial charge is 0.395 e. The van der Waals surface area contributed by atoms with Crippen molar-refractivity contribution in [3.8, 4) is 6.07 Å². The molecule has 0 atom stereocenters. The number of carbonyl (C=O) groups excluding carboxylic acids is 1. The van der Waals surface area contributed by atoms with Gasteiger partial charge in [-0.25, -0.2) is 8.78 Å². The Morgan fingerprint density at radius 3 is 1.14 bits per heavy atom. The van der Waals surface area contributed by atoms with Crippen LogP contribution in [0.4, 0.5) is 8.78 Å². The van der Waals surface area contributed by atoms with Crippen molar-refractivity contribution in [1.82, 2.24) is 39.3 Å². The lowest BCUT2D eigenvalue weighted by molar-refractivity contribution is -0.130. The van der Waals surface area contributed by atoms with Gasteiger partial charge in [0.1, 0.15) is 11.6 Å². The third-order valence-corrected chi connectivity index (χ3v) is 24.8. The monoisotopic (exact) mass is 1570 g/mol. The number of aliphatic hydroxyl groups excluding tert-OH is 1. The molecule has 2 aromatic carbocycles. The van der Waals surface area contributed by atoms with E-state index in [-0.39, 0.29) is 16.7 Å². The number of β-amino-alcohol motifs (C(OH)–C–C–N with tert-alkyl or cyclic N) is 1. The van der Waals surface area contributed by atoms with E-state index in [0.717, 1.165) is 61.8 Å². The highest BCUT2D eigenvalue weighted by Crippen LogP contribution is 2.39. The number of halogens is 2. The van der Waals surface area contributed by atoms with Gasteiger partial charge in [0.2, 0.25) is 5.91 Å². The molecule has 0 saturated carbocycles. The van der Waals surface area contributed by atoms with Crippen LogP contribution >= 0.6 is 0 Å². The number of carbonyl (C=O) groups is 1. The van der Waals surface area contributed by atoms with Crippen LogP contribution in [0.1, 0.15) is 324 Å². The SMILES string of the molecule is CC(=O)N1CCC(C(C)(C)C)CC1.CC(C)(C)C1CCN(CCC#N)CC1.CC(C)(C)C1CCN(CCO)CC1.CC(C)(C)c1cc(F)cc(F)c1.CCCN1CCC(C(C)(C)C)CC1.CCN1CCN(CCC(C)(C)C)CC1.CN1CCC(C(C)(C)C)CC1.Cc1cccc(C)c1C(C)(C)C.Cc1ccncc1C(C)C. The molecule has 9 rings (SSSR count). The number of hydrogen-bond donors (Lipinski definition) is 1. The number of amides is 1. The minimum atomic E-state index is -0.514. The Morgan fingerprint density at radius 1 is 0.491 bits per heavy atom. The predicted octanol–water partition coefficient (Wildman–Crippen LogP) is 23.7. The molecule has 0 unspecified atom stereocenters. The Kier molecular flexibility index (Phi) is 48.1. The van der Waals surface area contributed by atoms with Gasteiger partial charge < -0.3 is 39.4 Å². The summed E-state index contributed by atoms with van der Waals surface area (Å²) in [6.07, 6.45) is 20.2. The number of piperidine rings is 5. The molecule has 13 heteroatoms. The Labute approximate surface area is 693 Å². The zero-order chi connectivity index (χ0) is 85.8. The second kappa shape index (κ2) is 50.8. The van der Waals surface area contributed by atoms with Gasteiger partial charge in [0.15, 0.2) is 0 Å². The summed E-state index contributed by atoms with van der Waals surface area (Å²) in [6.45, 7) is 94.6. The Balaban J connectivity index is 0.000000631. The fourth-order valence-electron chi connectivity index (χ4n) is 16.6. The van der Waals surface area contributed by atoms with Crippen molar-refractivity contribution < 1.29 is 18.7 Å². The molecule has 7 heterocycles. The van der Waals surface area contributed by atoms with E-state index in [1.807, 2.05) is 38.1 Å². The molecule has 1 N–H and O–H groups in total. The first-order valence-electron chi connectivity index (χ1n) is 44.5. The maximum Gasteiger partial charge on any atom is 0.219 e. The van der Waals surface area contributed by atoms with Gasteiger partial charge in [-0.2, -0.15) is 5.26 Å². The molecule has 0 radical (unpaired) electrons. The highest BCUT2D eigenvalue weighted by atomic mass is 19.1. The number of aryl methyl sites for hydroxylation is 3. The number of hydrogen-bond acceptors (Lipinski definition) is 10. The standard InChI is InChI=1S/C12H22N2.C12H26N2.C12H25N.C12H18.C11H21NO.C11H23NO.C10H12F2.C10H21N.C9H13N/c1-12(2,3)11-5-9-14(10-6-11)8-4-7-13;1-5-13-8-10-14(11-9-13)7-6-12(2,3)4;1-5-8-13-9-6-11(7-10-13)12(2,3)4;1-9-7-6-8-10(2)11(9)12(3,4)5;1-9(13)12-7-5-10(6-8-12)11(2,3)4;1-11(2,3)10-4-6-12(7-5-10)8-9-13;1-10(2,3)7-4-8(11)6-9(12)5-7;1-10(2,3)9-5-7-11(4)8-6-9;1-7(2)9-6-10-5-4-8(9)3/h11H,4-6,8-10H2,1-3H3;5-11H2,1-4H3;11H,5-10H2,1-4H3;6-8H,1-5H3;10H,5-8H2,1-4H3;10,13H,4-9H2,1-3H3;4-6H,1-3H3;9H,5-8H2,1-4H3;4-7H,1-3H3. The highest BCUT2D eigenvalue weighted by Gasteiger charge is 2.33. The van der Waals surface area contributed by atoms with Crippen LogP contribution in [-0.4, -0.2) is 188 Å². The lowest BCUT2D eigenvalue weighted by atomic mass is 9.75. The molecule has 0 bridgehead atoms. The van der Waals surface area contributed by atoms with E-state index >= 15 is 0 Å². The van der Waals surface area contributed by atoms with Gasteiger partial charge in [-0.3, -0.25) is 9.78 Å². The molecular formula is C99H181F2N9O2. The Bertz CT molecular complexity index is 2920. The fourth-order valence-corrected chi connectivity index (χ4v) is 16.6. The van der Waals surface area contributed by atoms with E-state index < -0.39 is 11.6 Å². The lowest BCUT2D eigenvalue weighted by Gasteiger charge is -2.38. The molecule has 6 saturated heterocycles. The molecule has 648 valence electrons. The third-order valence-electron chi connectivity index (χ3n) is 24.8. The number of aromatic nitrogens is 1. The van der Waals surface area contributed by atoms with Gasteiger partial charge in [0, 0.05) is 84.2 Å². The van der Waals surface area contributed by atoms with E-state index in [1.165, 1.54) is 215 Å². The number of likely N-dealkylation sites (tertiary alicyclic amines) is 5. The number of likely N-dealkylation sites (N-methyl/N-ethyl adjacent to an activating group) is 1. The number of piperazine rings is 1. The maximum absolute atomic E-state index is 12.7. The number of pyridine rings is 1. The molecule has 6 fully saturated rings. The molecule has 0 aliphatic carbocycles. The first-order valence-corrected chi connectivity index (χ1v) is 44.5. The summed E-state index contributed by atoms with van der Waals surface area (Å²) in [7, 11) is 2.22. The highest BCUT2D eigenvalue weighted by molar-refractivity contribution is 5.73. The van der Waals surface area contributed by atoms with Crippen LogP contribution in [-0.2, 0) is 15.6 Å². The van der Waals surface area contributed by atoms with Crippen molar-refractivity contribution in [2.24, 2.45) is 62.1 Å². The number of nitriles is 1. The van der Waals surface area contributed by atoms with Crippen LogP contribution in [0.3, 0.4) is 0 Å². The van der Waals surface area contributed by atoms with Crippen LogP contribution in [0.25, 0.3) is 0 Å². The maximum atomic E-state index is 12.7. The van der Waals surface area contributed by atoms with Crippen LogP contribution in [0.2, 0.25) is 0 Å². The van der Waals surface area contributed by atoms with E-state index in [4.69, 9.17) is 10.4 Å². The number of benzene rings is 2. The summed E-state index contributed by atoms with van der Waals surface area (Å²) in [5, 5.41) is 17.3. The van der Waals surface area contributed by atoms with Crippen molar-refractivity contribution in [2.75, 3.05) is 138 Å². The zero-order valence-corrected chi connectivity index (χ0v) is 79.6. The molecule has 1 amide bonds. The van der Waals surface area contributed by atoms with Crippen molar-refractivity contribution in [3.63, 3.8) is 0 Å². The average Bonchev–Trinajstić information content (AvgIpc) is 0.824. The molecule has 1 aromatic heterocycles. The minimum Gasteiger partial charge on any atom is -0.395 e. The summed E-state index contributed by atoms with van der Waals surface area (Å²) < 4.78 is 25.4. The summed E-state index contributed by atoms with van der Waals surface area (Å²) in [5.41, 5.74) is 10.6. The van der Waals surface area contributed by atoms with E-state index in [1.54, 1.807) is 6.92 Å². The first kappa shape index (κ1) is 106. The average molecular weight is 1570 g/mol. The van der Waals surface area contributed by atoms with E-state index in [9.17, 15) is 13.6 Å². The van der Waals surface area contributed by atoms with Gasteiger partial charge in [-0.15, -0.1) is 0 Å². The van der Waals surface area contributed by atoms with Crippen molar-refractivity contribution in [2.45, 2.75) is 322 Å². The second-order valence-electron chi connectivity index (χ2n) is 43.1. The van der Waals surface area contributed by atoms with Gasteiger partial charge >= 0.3 is 0 Å². The van der Waals surface area contributed by atoms with E-state index in [2.05, 4.69) is 266 Å². The normalized spacial score (nSPS) is 18.6. The smallest absolute Gasteiger partial charge is 0.219 e. The van der Waals surface area contributed by atoms with E-state index in [0.29, 0.717) is 57.0 Å². The van der Waals surface area contributed by atoms with Crippen LogP contribution in [0.5, 0.6) is 0 Å². The topological polar surface area (TPSA) is 96.7 Å². The van der Waals surface area contributed by atoms with Crippen molar-refractivity contribution in [3.05, 3.63) is 99.9 Å². The Morgan fingerprint density at radius 2 is 0.848 bits per heavy atom. The number of rotatable bonds is 10. The van der Waals surface area contributed by atoms with Gasteiger partial charge in [0.05, 0.1) is 12.7 Å². The minimum absolute atomic E-state index is 0.205. The molecule has 6 aliphatic rings. The summed E-state index contributed by atoms with van der Waals surface area (Å²) in [6, 6.07) is 14.4. The third kappa shape index (κ3) is 45.2. The predicted molar refractivity (Wildman–Crippen MR) is 483 cm³/mol. The van der Waals surface area contributed by atoms with Gasteiger partial charge in [0.25, 0.3) is 0 Å². The van der Waals surface area contributed by atoms with Crippen LogP contribution in [0.15, 0.2) is 54.9 Å². The molecule has 0 spiro atoms. The molecular weight excluding hydrogens is 1390 g/mol. The lowest BCUT2D eigenvalue weighted by Crippen LogP contribution is -2.46. The van der Waals surface area contributed by atoms with Crippen LogP contribution in [0, 0.1) is 106 Å². The zero-order valence-electron chi connectivity index (χ0n) is 79.6. The second-order valence-corrected chi connectivity index (χ2v) is 43.1. The van der Waals surface area contributed by atoms with Crippen LogP contribution < -0.4 is 0 Å². The van der Waals surface area contributed by atoms with Gasteiger partial charge in [-0.1, -0.05) is 212 Å². The summed E-state index contributed by atoms with van der Waals surface area (Å²) in [5.74, 6) is 4.19.